The summed E-state index contributed by atoms with van der Waals surface area (Å²) in [4.78, 5) is 0. The molecule has 3 aromatic carbocycles. The van der Waals surface area contributed by atoms with Gasteiger partial charge in [0.25, 0.3) is 0 Å². The van der Waals surface area contributed by atoms with Crippen LogP contribution in [-0.4, -0.2) is 0 Å². The first kappa shape index (κ1) is 15.3. The van der Waals surface area contributed by atoms with Crippen LogP contribution in [0.2, 0.25) is 0 Å². The van der Waals surface area contributed by atoms with Crippen molar-refractivity contribution in [2.24, 2.45) is 0 Å². The number of halogens is 1. The first-order valence-electron chi connectivity index (χ1n) is 8.15. The number of nitrogens with one attached hydrogen (secondary N) is 1. The number of hydrogen-bond donors (Lipinski definition) is 1. The predicted molar refractivity (Wildman–Crippen MR) is 102 cm³/mol. The first-order chi connectivity index (χ1) is 11.7. The molecule has 0 fully saturated rings. The van der Waals surface area contributed by atoms with Crippen LogP contribution >= 0.6 is 15.9 Å². The van der Waals surface area contributed by atoms with Gasteiger partial charge in [0, 0.05) is 26.9 Å². The van der Waals surface area contributed by atoms with E-state index in [1.54, 1.807) is 0 Å². The summed E-state index contributed by atoms with van der Waals surface area (Å²) in [5.74, 6) is 0.930. The van der Waals surface area contributed by atoms with Crippen LogP contribution in [0.4, 0.5) is 5.69 Å². The Morgan fingerprint density at radius 1 is 0.958 bits per heavy atom. The maximum absolute atomic E-state index is 6.38. The maximum Gasteiger partial charge on any atom is 0.196 e. The number of aryl methyl sites for hydroxylation is 1. The molecule has 0 bridgehead atoms. The number of para-hydroxylation sites is 1. The van der Waals surface area contributed by atoms with Gasteiger partial charge in [-0.15, -0.1) is 0 Å². The zero-order chi connectivity index (χ0) is 16.5. The van der Waals surface area contributed by atoms with Crippen LogP contribution in [0, 0.1) is 0 Å². The van der Waals surface area contributed by atoms with Gasteiger partial charge in [-0.25, -0.2) is 0 Å². The van der Waals surface area contributed by atoms with Gasteiger partial charge in [0.2, 0.25) is 0 Å². The van der Waals surface area contributed by atoms with Crippen LogP contribution in [0.3, 0.4) is 0 Å². The second kappa shape index (κ2) is 6.33. The van der Waals surface area contributed by atoms with Gasteiger partial charge in [-0.05, 0) is 36.2 Å². The second-order valence-corrected chi connectivity index (χ2v) is 6.84. The molecule has 1 aliphatic rings. The van der Waals surface area contributed by atoms with Crippen LogP contribution < -0.4 is 10.1 Å². The maximum atomic E-state index is 6.38. The monoisotopic (exact) mass is 379 g/mol. The number of ether oxygens (including phenoxy) is 1. The Morgan fingerprint density at radius 2 is 1.75 bits per heavy atom. The molecule has 0 spiro atoms. The van der Waals surface area contributed by atoms with Gasteiger partial charge in [-0.1, -0.05) is 65.3 Å². The molecule has 24 heavy (non-hydrogen) atoms. The first-order valence-corrected chi connectivity index (χ1v) is 8.95. The van der Waals surface area contributed by atoms with E-state index in [0.29, 0.717) is 0 Å². The van der Waals surface area contributed by atoms with Crippen molar-refractivity contribution >= 4 is 21.6 Å². The normalized spacial score (nSPS) is 15.5. The van der Waals surface area contributed by atoms with Gasteiger partial charge in [-0.3, -0.25) is 0 Å². The lowest BCUT2D eigenvalue weighted by Crippen LogP contribution is -2.16. The van der Waals surface area contributed by atoms with Crippen LogP contribution in [0.15, 0.2) is 71.2 Å². The van der Waals surface area contributed by atoms with Crippen molar-refractivity contribution in [1.82, 2.24) is 0 Å². The molecule has 0 aromatic heterocycles. The summed E-state index contributed by atoms with van der Waals surface area (Å²) < 4.78 is 7.45. The third kappa shape index (κ3) is 2.80. The largest absolute Gasteiger partial charge is 0.466 e. The third-order valence-corrected chi connectivity index (χ3v) is 4.90. The van der Waals surface area contributed by atoms with E-state index >= 15 is 0 Å². The van der Waals surface area contributed by atoms with E-state index in [9.17, 15) is 0 Å². The van der Waals surface area contributed by atoms with Gasteiger partial charge in [0.1, 0.15) is 5.75 Å². The van der Waals surface area contributed by atoms with Crippen molar-refractivity contribution in [3.8, 4) is 16.9 Å². The lowest BCUT2D eigenvalue weighted by molar-refractivity contribution is 0.238. The van der Waals surface area contributed by atoms with Crippen molar-refractivity contribution in [3.63, 3.8) is 0 Å². The van der Waals surface area contributed by atoms with Gasteiger partial charge < -0.3 is 10.1 Å². The summed E-state index contributed by atoms with van der Waals surface area (Å²) in [7, 11) is 0. The highest BCUT2D eigenvalue weighted by Crippen LogP contribution is 2.42. The smallest absolute Gasteiger partial charge is 0.196 e. The molecule has 3 heteroatoms. The van der Waals surface area contributed by atoms with Gasteiger partial charge in [0.05, 0.1) is 0 Å². The Balaban J connectivity index is 1.85. The van der Waals surface area contributed by atoms with Crippen molar-refractivity contribution in [2.45, 2.75) is 19.6 Å². The molecule has 2 nitrogen and oxygen atoms in total. The fourth-order valence-corrected chi connectivity index (χ4v) is 3.30. The molecule has 120 valence electrons. The van der Waals surface area contributed by atoms with Gasteiger partial charge >= 0.3 is 0 Å². The summed E-state index contributed by atoms with van der Waals surface area (Å²) in [5.41, 5.74) is 5.78. The molecule has 0 aliphatic carbocycles. The molecular formula is C21H18BrNO. The number of benzene rings is 3. The highest BCUT2D eigenvalue weighted by Gasteiger charge is 2.22. The number of fused-ring (bicyclic) bond motifs is 3. The Kier molecular flexibility index (Phi) is 4.03. The standard InChI is InChI=1S/C21H18BrNO/c1-2-14-7-12-18-17-5-3-4-6-19(17)23-21(24-20(18)13-14)15-8-10-16(22)11-9-15/h3-13,21,23H,2H2,1H3. The van der Waals surface area contributed by atoms with E-state index in [4.69, 9.17) is 4.74 Å². The lowest BCUT2D eigenvalue weighted by Gasteiger charge is -2.20. The van der Waals surface area contributed by atoms with E-state index in [1.165, 1.54) is 11.1 Å². The van der Waals surface area contributed by atoms with E-state index in [1.807, 2.05) is 12.1 Å². The average molecular weight is 380 g/mol. The van der Waals surface area contributed by atoms with Gasteiger partial charge in [0.15, 0.2) is 6.23 Å². The minimum absolute atomic E-state index is 0.215. The zero-order valence-electron chi connectivity index (χ0n) is 13.4. The minimum atomic E-state index is -0.215. The Labute approximate surface area is 150 Å². The van der Waals surface area contributed by atoms with Crippen LogP contribution in [0.25, 0.3) is 11.1 Å². The lowest BCUT2D eigenvalue weighted by atomic mass is 10.0. The van der Waals surface area contributed by atoms with Crippen molar-refractivity contribution in [3.05, 3.63) is 82.3 Å². The highest BCUT2D eigenvalue weighted by molar-refractivity contribution is 9.10. The molecular weight excluding hydrogens is 362 g/mol. The molecule has 0 radical (unpaired) electrons. The number of anilines is 1. The fraction of sp³-hybridized carbons (Fsp3) is 0.143. The number of hydrogen-bond acceptors (Lipinski definition) is 2. The van der Waals surface area contributed by atoms with E-state index in [-0.39, 0.29) is 6.23 Å². The molecule has 1 heterocycles. The quantitative estimate of drug-likeness (QED) is 0.573. The molecule has 0 saturated heterocycles. The SMILES string of the molecule is CCc1ccc2c(c1)OC(c1ccc(Br)cc1)Nc1ccccc1-2. The van der Waals surface area contributed by atoms with E-state index in [0.717, 1.165) is 33.5 Å². The Morgan fingerprint density at radius 3 is 2.54 bits per heavy atom. The molecule has 1 aliphatic heterocycles. The molecule has 1 N–H and O–H groups in total. The van der Waals surface area contributed by atoms with Gasteiger partial charge in [-0.2, -0.15) is 0 Å². The molecule has 0 saturated carbocycles. The van der Waals surface area contributed by atoms with E-state index in [2.05, 4.69) is 82.8 Å². The van der Waals surface area contributed by atoms with Crippen LogP contribution in [0.1, 0.15) is 24.3 Å². The Hall–Kier alpha value is -2.26. The molecule has 0 amide bonds. The van der Waals surface area contributed by atoms with Crippen molar-refractivity contribution in [2.75, 3.05) is 5.32 Å². The summed E-state index contributed by atoms with van der Waals surface area (Å²) in [6.45, 7) is 2.16. The molecule has 4 rings (SSSR count). The van der Waals surface area contributed by atoms with Crippen LogP contribution in [0.5, 0.6) is 5.75 Å². The average Bonchev–Trinajstić information content (AvgIpc) is 2.78. The molecule has 1 atom stereocenters. The fourth-order valence-electron chi connectivity index (χ4n) is 3.04. The zero-order valence-corrected chi connectivity index (χ0v) is 15.0. The van der Waals surface area contributed by atoms with E-state index < -0.39 is 0 Å². The third-order valence-electron chi connectivity index (χ3n) is 4.38. The summed E-state index contributed by atoms with van der Waals surface area (Å²) in [6, 6.07) is 23.1. The summed E-state index contributed by atoms with van der Waals surface area (Å²) in [5, 5.41) is 3.54. The summed E-state index contributed by atoms with van der Waals surface area (Å²) >= 11 is 3.49. The number of rotatable bonds is 2. The van der Waals surface area contributed by atoms with Crippen molar-refractivity contribution < 1.29 is 4.74 Å². The highest BCUT2D eigenvalue weighted by atomic mass is 79.9. The Bertz CT molecular complexity index is 873. The van der Waals surface area contributed by atoms with Crippen molar-refractivity contribution in [1.29, 1.82) is 0 Å². The van der Waals surface area contributed by atoms with Crippen LogP contribution in [-0.2, 0) is 6.42 Å². The second-order valence-electron chi connectivity index (χ2n) is 5.92. The predicted octanol–water partition coefficient (Wildman–Crippen LogP) is 6.18. The minimum Gasteiger partial charge on any atom is -0.466 e. The topological polar surface area (TPSA) is 21.3 Å². The molecule has 3 aromatic rings. The molecule has 1 unspecified atom stereocenters. The summed E-state index contributed by atoms with van der Waals surface area (Å²) in [6.07, 6.45) is 0.780.